The van der Waals surface area contributed by atoms with E-state index in [-0.39, 0.29) is 22.2 Å². The van der Waals surface area contributed by atoms with Crippen LogP contribution in [0.4, 0.5) is 18.9 Å². The predicted molar refractivity (Wildman–Crippen MR) is 84.2 cm³/mol. The number of nitrogens with one attached hydrogen (secondary N) is 1. The van der Waals surface area contributed by atoms with Gasteiger partial charge in [0.1, 0.15) is 5.69 Å². The monoisotopic (exact) mass is 371 g/mol. The second-order valence-electron chi connectivity index (χ2n) is 4.60. The minimum atomic E-state index is -4.58. The molecule has 132 valence electrons. The molecule has 0 atom stereocenters. The van der Waals surface area contributed by atoms with Crippen molar-refractivity contribution in [2.75, 3.05) is 18.2 Å². The molecule has 1 amide bonds. The van der Waals surface area contributed by atoms with Crippen LogP contribution in [0.5, 0.6) is 0 Å². The number of ether oxygens (including phenoxy) is 1. The number of carbonyl (C=O) groups is 2. The lowest BCUT2D eigenvalue weighted by Crippen LogP contribution is -2.17. The van der Waals surface area contributed by atoms with Gasteiger partial charge in [-0.25, -0.2) is 14.8 Å². The van der Waals surface area contributed by atoms with Gasteiger partial charge in [0, 0.05) is 6.20 Å². The average Bonchev–Trinajstić information content (AvgIpc) is 2.59. The Kier molecular flexibility index (Phi) is 5.97. The first-order valence-corrected chi connectivity index (χ1v) is 7.80. The number of thioether (sulfide) groups is 1. The number of methoxy groups -OCH3 is 1. The van der Waals surface area contributed by atoms with Gasteiger partial charge in [-0.3, -0.25) is 4.79 Å². The molecule has 0 aliphatic rings. The smallest absolute Gasteiger partial charge is 0.433 e. The largest absolute Gasteiger partial charge is 0.465 e. The van der Waals surface area contributed by atoms with Crippen molar-refractivity contribution < 1.29 is 27.5 Å². The molecule has 1 aromatic carbocycles. The molecule has 0 radical (unpaired) electrons. The molecule has 0 aliphatic carbocycles. The average molecular weight is 371 g/mol. The number of para-hydroxylation sites is 1. The summed E-state index contributed by atoms with van der Waals surface area (Å²) in [5.41, 5.74) is -0.676. The van der Waals surface area contributed by atoms with Crippen LogP contribution in [0.3, 0.4) is 0 Å². The van der Waals surface area contributed by atoms with E-state index in [0.29, 0.717) is 0 Å². The van der Waals surface area contributed by atoms with Crippen LogP contribution in [0, 0.1) is 0 Å². The molecule has 0 aliphatic heterocycles. The number of esters is 1. The molecule has 2 aromatic rings. The van der Waals surface area contributed by atoms with Gasteiger partial charge >= 0.3 is 12.1 Å². The second-order valence-corrected chi connectivity index (χ2v) is 5.54. The van der Waals surface area contributed by atoms with Gasteiger partial charge in [-0.05, 0) is 18.2 Å². The normalized spacial score (nSPS) is 11.0. The minimum absolute atomic E-state index is 0.165. The second kappa shape index (κ2) is 7.97. The molecule has 1 heterocycles. The Morgan fingerprint density at radius 3 is 2.64 bits per heavy atom. The van der Waals surface area contributed by atoms with Crippen molar-refractivity contribution >= 4 is 29.3 Å². The molecule has 10 heteroatoms. The van der Waals surface area contributed by atoms with Crippen molar-refractivity contribution in [1.82, 2.24) is 9.97 Å². The standard InChI is InChI=1S/C15H12F3N3O3S/c1-24-13(23)9-4-2-3-5-10(9)20-12(22)8-25-14-19-7-6-11(21-14)15(16,17)18/h2-7H,8H2,1H3,(H,20,22). The highest BCUT2D eigenvalue weighted by Crippen LogP contribution is 2.28. The minimum Gasteiger partial charge on any atom is -0.465 e. The Labute approximate surface area is 144 Å². The van der Waals surface area contributed by atoms with Gasteiger partial charge < -0.3 is 10.1 Å². The van der Waals surface area contributed by atoms with E-state index >= 15 is 0 Å². The number of hydrogen-bond acceptors (Lipinski definition) is 6. The number of carbonyl (C=O) groups excluding carboxylic acids is 2. The number of rotatable bonds is 5. The van der Waals surface area contributed by atoms with Crippen LogP contribution in [0.25, 0.3) is 0 Å². The maximum absolute atomic E-state index is 12.6. The Bertz CT molecular complexity index is 784. The molecule has 1 aromatic heterocycles. The maximum atomic E-state index is 12.6. The molecule has 6 nitrogen and oxygen atoms in total. The molecular formula is C15H12F3N3O3S. The van der Waals surface area contributed by atoms with Crippen molar-refractivity contribution in [3.63, 3.8) is 0 Å². The highest BCUT2D eigenvalue weighted by Gasteiger charge is 2.32. The number of alkyl halides is 3. The lowest BCUT2D eigenvalue weighted by molar-refractivity contribution is -0.141. The maximum Gasteiger partial charge on any atom is 0.433 e. The first kappa shape index (κ1) is 18.7. The fourth-order valence-electron chi connectivity index (χ4n) is 1.76. The number of nitrogens with zero attached hydrogens (tertiary/aromatic N) is 2. The third-order valence-corrected chi connectivity index (χ3v) is 3.72. The summed E-state index contributed by atoms with van der Waals surface area (Å²) in [6.45, 7) is 0. The Morgan fingerprint density at radius 1 is 1.24 bits per heavy atom. The van der Waals surface area contributed by atoms with Crippen LogP contribution < -0.4 is 5.32 Å². The van der Waals surface area contributed by atoms with Gasteiger partial charge in [0.05, 0.1) is 24.1 Å². The van der Waals surface area contributed by atoms with Crippen molar-refractivity contribution in [3.8, 4) is 0 Å². The molecule has 25 heavy (non-hydrogen) atoms. The van der Waals surface area contributed by atoms with Gasteiger partial charge in [0.2, 0.25) is 5.91 Å². The van der Waals surface area contributed by atoms with Crippen molar-refractivity contribution in [2.24, 2.45) is 0 Å². The third kappa shape index (κ3) is 5.18. The summed E-state index contributed by atoms with van der Waals surface area (Å²) < 4.78 is 42.4. The first-order chi connectivity index (χ1) is 11.8. The number of anilines is 1. The zero-order valence-electron chi connectivity index (χ0n) is 12.8. The number of benzene rings is 1. The Balaban J connectivity index is 2.02. The lowest BCUT2D eigenvalue weighted by atomic mass is 10.2. The summed E-state index contributed by atoms with van der Waals surface area (Å²) in [5.74, 6) is -1.37. The van der Waals surface area contributed by atoms with Crippen LogP contribution in [0.1, 0.15) is 16.1 Å². The summed E-state index contributed by atoms with van der Waals surface area (Å²) >= 11 is 0.748. The van der Waals surface area contributed by atoms with Gasteiger partial charge in [-0.2, -0.15) is 13.2 Å². The summed E-state index contributed by atoms with van der Waals surface area (Å²) in [6, 6.07) is 6.95. The molecular weight excluding hydrogens is 359 g/mol. The van der Waals surface area contributed by atoms with E-state index in [1.165, 1.54) is 19.2 Å². The lowest BCUT2D eigenvalue weighted by Gasteiger charge is -2.09. The molecule has 0 saturated carbocycles. The first-order valence-electron chi connectivity index (χ1n) is 6.81. The highest BCUT2D eigenvalue weighted by molar-refractivity contribution is 7.99. The quantitative estimate of drug-likeness (QED) is 0.494. The van der Waals surface area contributed by atoms with E-state index in [1.807, 2.05) is 0 Å². The van der Waals surface area contributed by atoms with Gasteiger partial charge in [0.25, 0.3) is 0 Å². The van der Waals surface area contributed by atoms with Crippen molar-refractivity contribution in [2.45, 2.75) is 11.3 Å². The topological polar surface area (TPSA) is 81.2 Å². The van der Waals surface area contributed by atoms with E-state index < -0.39 is 23.7 Å². The molecule has 0 unspecified atom stereocenters. The number of halogens is 3. The summed E-state index contributed by atoms with van der Waals surface area (Å²) in [6.07, 6.45) is -3.61. The van der Waals surface area contributed by atoms with Gasteiger partial charge in [0.15, 0.2) is 5.16 Å². The molecule has 1 N–H and O–H groups in total. The summed E-state index contributed by atoms with van der Waals surface area (Å²) in [7, 11) is 1.21. The van der Waals surface area contributed by atoms with Crippen LogP contribution in [0.15, 0.2) is 41.7 Å². The van der Waals surface area contributed by atoms with E-state index in [1.54, 1.807) is 12.1 Å². The van der Waals surface area contributed by atoms with Gasteiger partial charge in [-0.15, -0.1) is 0 Å². The van der Waals surface area contributed by atoms with E-state index in [2.05, 4.69) is 20.0 Å². The summed E-state index contributed by atoms with van der Waals surface area (Å²) in [5, 5.41) is 2.33. The molecule has 0 spiro atoms. The zero-order valence-corrected chi connectivity index (χ0v) is 13.6. The Morgan fingerprint density at radius 2 is 1.96 bits per heavy atom. The fourth-order valence-corrected chi connectivity index (χ4v) is 2.40. The highest BCUT2D eigenvalue weighted by atomic mass is 32.2. The number of amides is 1. The van der Waals surface area contributed by atoms with Gasteiger partial charge in [-0.1, -0.05) is 23.9 Å². The SMILES string of the molecule is COC(=O)c1ccccc1NC(=O)CSc1nccc(C(F)(F)F)n1. The van der Waals surface area contributed by atoms with Crippen molar-refractivity contribution in [3.05, 3.63) is 47.8 Å². The van der Waals surface area contributed by atoms with Crippen LogP contribution >= 0.6 is 11.8 Å². The fraction of sp³-hybridized carbons (Fsp3) is 0.200. The van der Waals surface area contributed by atoms with E-state index in [9.17, 15) is 22.8 Å². The molecule has 0 bridgehead atoms. The zero-order chi connectivity index (χ0) is 18.4. The molecule has 0 fully saturated rings. The molecule has 2 rings (SSSR count). The third-order valence-electron chi connectivity index (χ3n) is 2.86. The number of hydrogen-bond donors (Lipinski definition) is 1. The van der Waals surface area contributed by atoms with E-state index in [4.69, 9.17) is 0 Å². The molecule has 0 saturated heterocycles. The predicted octanol–water partition coefficient (Wildman–Crippen LogP) is 3.01. The van der Waals surface area contributed by atoms with Crippen LogP contribution in [0.2, 0.25) is 0 Å². The number of aromatic nitrogens is 2. The van der Waals surface area contributed by atoms with Crippen LogP contribution in [-0.4, -0.2) is 34.7 Å². The van der Waals surface area contributed by atoms with E-state index in [0.717, 1.165) is 24.0 Å². The summed E-state index contributed by atoms with van der Waals surface area (Å²) in [4.78, 5) is 30.6. The van der Waals surface area contributed by atoms with Crippen molar-refractivity contribution in [1.29, 1.82) is 0 Å². The van der Waals surface area contributed by atoms with Crippen LogP contribution in [-0.2, 0) is 15.7 Å². The Hall–Kier alpha value is -2.62.